The maximum absolute atomic E-state index is 14.0. The summed E-state index contributed by atoms with van der Waals surface area (Å²) in [5, 5.41) is 11.4. The van der Waals surface area contributed by atoms with Crippen LogP contribution in [0.15, 0.2) is 65.1 Å². The third kappa shape index (κ3) is 4.69. The van der Waals surface area contributed by atoms with Crippen LogP contribution < -0.4 is 5.73 Å². The van der Waals surface area contributed by atoms with Crippen molar-refractivity contribution in [1.82, 2.24) is 4.90 Å². The van der Waals surface area contributed by atoms with Crippen LogP contribution in [0.5, 0.6) is 0 Å². The van der Waals surface area contributed by atoms with E-state index in [1.807, 2.05) is 30.3 Å². The van der Waals surface area contributed by atoms with Crippen molar-refractivity contribution in [2.75, 3.05) is 13.1 Å². The second-order valence-corrected chi connectivity index (χ2v) is 8.88. The van der Waals surface area contributed by atoms with Crippen molar-refractivity contribution in [3.05, 3.63) is 83.6 Å². The molecule has 1 aromatic heterocycles. The predicted octanol–water partition coefficient (Wildman–Crippen LogP) is 6.23. The minimum absolute atomic E-state index is 0.119. The van der Waals surface area contributed by atoms with E-state index in [0.29, 0.717) is 28.0 Å². The summed E-state index contributed by atoms with van der Waals surface area (Å²) in [6.45, 7) is 0.429. The van der Waals surface area contributed by atoms with Crippen molar-refractivity contribution in [3.8, 4) is 22.3 Å². The Bertz CT molecular complexity index is 1360. The molecule has 0 aliphatic carbocycles. The molecule has 0 saturated carbocycles. The van der Waals surface area contributed by atoms with Gasteiger partial charge in [0.15, 0.2) is 11.6 Å². The highest BCUT2D eigenvalue weighted by Gasteiger charge is 2.36. The quantitative estimate of drug-likeness (QED) is 0.330. The van der Waals surface area contributed by atoms with E-state index in [0.717, 1.165) is 28.6 Å². The number of alkyl halides is 2. The lowest BCUT2D eigenvalue weighted by Gasteiger charge is -2.35. The lowest BCUT2D eigenvalue weighted by Crippen LogP contribution is -2.41. The van der Waals surface area contributed by atoms with Crippen LogP contribution in [0.25, 0.3) is 33.2 Å². The topological polar surface area (TPSA) is 62.6 Å². The van der Waals surface area contributed by atoms with E-state index in [4.69, 9.17) is 10.2 Å². The van der Waals surface area contributed by atoms with Gasteiger partial charge in [0.2, 0.25) is 0 Å². The monoisotopic (exact) mass is 484 g/mol. The minimum Gasteiger partial charge on any atom is -0.459 e. The number of hydrogen-bond donors (Lipinski definition) is 2. The summed E-state index contributed by atoms with van der Waals surface area (Å²) in [6.07, 6.45) is -1.52. The summed E-state index contributed by atoms with van der Waals surface area (Å²) in [5.41, 5.74) is 9.56. The third-order valence-corrected chi connectivity index (χ3v) is 6.52. The van der Waals surface area contributed by atoms with E-state index in [9.17, 15) is 22.7 Å². The standard InChI is InChI=1S/C27H24F4N2O2/c28-23-6-5-18(14-24(23)29)22-13-19(11-20-12-21(15-32)35-25(20)22)16-1-3-17(4-2-16)26(34)33-9-7-27(30,31)8-10-33/h1-6,11-14,26,34H,7-10,15,32H2. The molecule has 8 heteroatoms. The van der Waals surface area contributed by atoms with Gasteiger partial charge in [0.25, 0.3) is 5.92 Å². The number of aliphatic hydroxyl groups excluding tert-OH is 1. The molecule has 3 aromatic carbocycles. The van der Waals surface area contributed by atoms with Crippen LogP contribution in [0.2, 0.25) is 0 Å². The van der Waals surface area contributed by atoms with Crippen LogP contribution in [0.3, 0.4) is 0 Å². The van der Waals surface area contributed by atoms with E-state index >= 15 is 0 Å². The Morgan fingerprint density at radius 3 is 2.23 bits per heavy atom. The molecule has 0 spiro atoms. The summed E-state index contributed by atoms with van der Waals surface area (Å²) >= 11 is 0. The molecular weight excluding hydrogens is 460 g/mol. The Morgan fingerprint density at radius 2 is 1.57 bits per heavy atom. The van der Waals surface area contributed by atoms with Crippen LogP contribution in [0.1, 0.15) is 30.4 Å². The molecule has 1 unspecified atom stereocenters. The summed E-state index contributed by atoms with van der Waals surface area (Å²) in [7, 11) is 0. The smallest absolute Gasteiger partial charge is 0.250 e. The normalized spacial score (nSPS) is 17.1. The largest absolute Gasteiger partial charge is 0.459 e. The number of benzene rings is 3. The SMILES string of the molecule is NCc1cc2cc(-c3ccc(C(O)N4CCC(F)(F)CC4)cc3)cc(-c3ccc(F)c(F)c3)c2o1. The van der Waals surface area contributed by atoms with Gasteiger partial charge in [0.05, 0.1) is 6.54 Å². The van der Waals surface area contributed by atoms with E-state index in [1.54, 1.807) is 17.0 Å². The average molecular weight is 484 g/mol. The number of aliphatic hydroxyl groups is 1. The summed E-state index contributed by atoms with van der Waals surface area (Å²) in [5.74, 6) is -4.01. The van der Waals surface area contributed by atoms with Crippen molar-refractivity contribution in [2.24, 2.45) is 5.73 Å². The number of nitrogens with two attached hydrogens (primary N) is 1. The third-order valence-electron chi connectivity index (χ3n) is 6.52. The number of furan rings is 1. The van der Waals surface area contributed by atoms with Crippen molar-refractivity contribution in [2.45, 2.75) is 31.5 Å². The molecule has 0 radical (unpaired) electrons. The van der Waals surface area contributed by atoms with Crippen LogP contribution in [0, 0.1) is 11.6 Å². The summed E-state index contributed by atoms with van der Waals surface area (Å²) in [6, 6.07) is 16.4. The lowest BCUT2D eigenvalue weighted by molar-refractivity contribution is -0.0961. The van der Waals surface area contributed by atoms with Crippen molar-refractivity contribution in [3.63, 3.8) is 0 Å². The van der Waals surface area contributed by atoms with Gasteiger partial charge in [-0.3, -0.25) is 4.90 Å². The van der Waals surface area contributed by atoms with Crippen LogP contribution in [-0.2, 0) is 6.54 Å². The van der Waals surface area contributed by atoms with Gasteiger partial charge in [-0.25, -0.2) is 17.6 Å². The Hall–Kier alpha value is -3.20. The van der Waals surface area contributed by atoms with Gasteiger partial charge in [0, 0.05) is 36.9 Å². The zero-order valence-corrected chi connectivity index (χ0v) is 18.8. The van der Waals surface area contributed by atoms with Crippen LogP contribution in [0.4, 0.5) is 17.6 Å². The Balaban J connectivity index is 1.49. The Labute approximate surface area is 199 Å². The molecule has 1 aliphatic heterocycles. The Morgan fingerprint density at radius 1 is 0.886 bits per heavy atom. The Kier molecular flexibility index (Phi) is 6.13. The lowest BCUT2D eigenvalue weighted by atomic mass is 9.95. The maximum atomic E-state index is 14.0. The first-order valence-electron chi connectivity index (χ1n) is 11.4. The van der Waals surface area contributed by atoms with Gasteiger partial charge < -0.3 is 15.3 Å². The van der Waals surface area contributed by atoms with E-state index in [1.165, 1.54) is 6.07 Å². The maximum Gasteiger partial charge on any atom is 0.250 e. The molecule has 2 heterocycles. The molecule has 0 bridgehead atoms. The van der Waals surface area contributed by atoms with Crippen molar-refractivity contribution in [1.29, 1.82) is 0 Å². The number of fused-ring (bicyclic) bond motifs is 1. The fraction of sp³-hybridized carbons (Fsp3) is 0.259. The highest BCUT2D eigenvalue weighted by atomic mass is 19.3. The second kappa shape index (κ2) is 9.11. The first-order valence-corrected chi connectivity index (χ1v) is 11.4. The van der Waals surface area contributed by atoms with Crippen LogP contribution in [-0.4, -0.2) is 29.0 Å². The molecule has 1 aliphatic rings. The summed E-state index contributed by atoms with van der Waals surface area (Å²) in [4.78, 5) is 1.64. The molecule has 4 aromatic rings. The number of hydrogen-bond acceptors (Lipinski definition) is 4. The summed E-state index contributed by atoms with van der Waals surface area (Å²) < 4.78 is 60.3. The predicted molar refractivity (Wildman–Crippen MR) is 126 cm³/mol. The van der Waals surface area contributed by atoms with Crippen LogP contribution >= 0.6 is 0 Å². The van der Waals surface area contributed by atoms with Gasteiger partial charge in [-0.05, 0) is 52.6 Å². The molecule has 3 N–H and O–H groups in total. The van der Waals surface area contributed by atoms with Crippen molar-refractivity contribution >= 4 is 11.0 Å². The fourth-order valence-corrected chi connectivity index (χ4v) is 4.51. The minimum atomic E-state index is -2.68. The molecule has 4 nitrogen and oxygen atoms in total. The highest BCUT2D eigenvalue weighted by Crippen LogP contribution is 2.37. The zero-order valence-electron chi connectivity index (χ0n) is 18.8. The zero-order chi connectivity index (χ0) is 24.7. The number of likely N-dealkylation sites (tertiary alicyclic amines) is 1. The number of nitrogens with zero attached hydrogens (tertiary/aromatic N) is 1. The highest BCUT2D eigenvalue weighted by molar-refractivity contribution is 5.97. The number of piperidine rings is 1. The molecule has 1 saturated heterocycles. The van der Waals surface area contributed by atoms with Gasteiger partial charge in [-0.2, -0.15) is 0 Å². The molecule has 182 valence electrons. The van der Waals surface area contributed by atoms with Gasteiger partial charge >= 0.3 is 0 Å². The molecule has 1 atom stereocenters. The van der Waals surface area contributed by atoms with Crippen molar-refractivity contribution < 1.29 is 27.1 Å². The first-order chi connectivity index (χ1) is 16.7. The van der Waals surface area contributed by atoms with Gasteiger partial charge in [-0.15, -0.1) is 0 Å². The fourth-order valence-electron chi connectivity index (χ4n) is 4.51. The van der Waals surface area contributed by atoms with E-state index in [2.05, 4.69) is 0 Å². The molecule has 0 amide bonds. The van der Waals surface area contributed by atoms with E-state index in [-0.39, 0.29) is 32.5 Å². The van der Waals surface area contributed by atoms with E-state index < -0.39 is 23.8 Å². The average Bonchev–Trinajstić information content (AvgIpc) is 3.28. The van der Waals surface area contributed by atoms with Gasteiger partial charge in [0.1, 0.15) is 17.6 Å². The number of halogens is 4. The molecule has 35 heavy (non-hydrogen) atoms. The molecule has 5 rings (SSSR count). The second-order valence-electron chi connectivity index (χ2n) is 8.88. The van der Waals surface area contributed by atoms with Gasteiger partial charge in [-0.1, -0.05) is 30.3 Å². The first kappa shape index (κ1) is 23.5. The molecule has 1 fully saturated rings. The molecular formula is C27H24F4N2O2. The number of rotatable bonds is 5.